The molecule has 0 radical (unpaired) electrons. The Bertz CT molecular complexity index is 251. The third-order valence-corrected chi connectivity index (χ3v) is 3.95. The standard InChI is InChI=1S/C15H30N2O/c1-12(2)14-6-7-15(18)17(11-8-14)10-5-9-16-13(3)4/h12-14,16H,5-11H2,1-4H3. The summed E-state index contributed by atoms with van der Waals surface area (Å²) in [5.74, 6) is 1.80. The van der Waals surface area contributed by atoms with Crippen molar-refractivity contribution in [1.82, 2.24) is 10.2 Å². The van der Waals surface area contributed by atoms with Crippen LogP contribution in [0.15, 0.2) is 0 Å². The first-order valence-corrected chi connectivity index (χ1v) is 7.52. The molecule has 106 valence electrons. The Morgan fingerprint density at radius 2 is 2.00 bits per heavy atom. The molecule has 1 heterocycles. The van der Waals surface area contributed by atoms with Crippen LogP contribution in [0.5, 0.6) is 0 Å². The summed E-state index contributed by atoms with van der Waals surface area (Å²) in [6.45, 7) is 11.8. The largest absolute Gasteiger partial charge is 0.343 e. The van der Waals surface area contributed by atoms with Gasteiger partial charge in [-0.25, -0.2) is 0 Å². The molecule has 0 aromatic rings. The third kappa shape index (κ3) is 5.38. The van der Waals surface area contributed by atoms with Crippen molar-refractivity contribution in [1.29, 1.82) is 0 Å². The minimum absolute atomic E-state index is 0.364. The number of nitrogens with zero attached hydrogens (tertiary/aromatic N) is 1. The number of carbonyl (C=O) groups excluding carboxylic acids is 1. The van der Waals surface area contributed by atoms with Gasteiger partial charge in [0.05, 0.1) is 0 Å². The van der Waals surface area contributed by atoms with E-state index in [-0.39, 0.29) is 0 Å². The lowest BCUT2D eigenvalue weighted by molar-refractivity contribution is -0.130. The molecule has 0 saturated carbocycles. The zero-order valence-corrected chi connectivity index (χ0v) is 12.5. The first-order valence-electron chi connectivity index (χ1n) is 7.52. The van der Waals surface area contributed by atoms with Gasteiger partial charge >= 0.3 is 0 Å². The fourth-order valence-corrected chi connectivity index (χ4v) is 2.62. The van der Waals surface area contributed by atoms with Crippen LogP contribution in [0.4, 0.5) is 0 Å². The summed E-state index contributed by atoms with van der Waals surface area (Å²) in [4.78, 5) is 14.1. The van der Waals surface area contributed by atoms with E-state index < -0.39 is 0 Å². The van der Waals surface area contributed by atoms with E-state index in [0.29, 0.717) is 17.9 Å². The molecule has 1 unspecified atom stereocenters. The van der Waals surface area contributed by atoms with E-state index >= 15 is 0 Å². The van der Waals surface area contributed by atoms with Crippen molar-refractivity contribution < 1.29 is 4.79 Å². The van der Waals surface area contributed by atoms with Crippen LogP contribution in [0, 0.1) is 11.8 Å². The number of amides is 1. The average molecular weight is 254 g/mol. The van der Waals surface area contributed by atoms with E-state index in [1.807, 2.05) is 0 Å². The molecule has 1 saturated heterocycles. The van der Waals surface area contributed by atoms with E-state index in [0.717, 1.165) is 44.8 Å². The van der Waals surface area contributed by atoms with Crippen LogP contribution < -0.4 is 5.32 Å². The van der Waals surface area contributed by atoms with Crippen molar-refractivity contribution in [2.75, 3.05) is 19.6 Å². The van der Waals surface area contributed by atoms with Crippen molar-refractivity contribution in [2.24, 2.45) is 11.8 Å². The van der Waals surface area contributed by atoms with Gasteiger partial charge in [0.15, 0.2) is 0 Å². The maximum absolute atomic E-state index is 12.0. The molecule has 18 heavy (non-hydrogen) atoms. The highest BCUT2D eigenvalue weighted by Crippen LogP contribution is 2.25. The molecule has 0 aromatic heterocycles. The van der Waals surface area contributed by atoms with Gasteiger partial charge in [0.25, 0.3) is 0 Å². The lowest BCUT2D eigenvalue weighted by atomic mass is 9.89. The molecule has 0 aromatic carbocycles. The molecule has 3 nitrogen and oxygen atoms in total. The zero-order valence-electron chi connectivity index (χ0n) is 12.5. The third-order valence-electron chi connectivity index (χ3n) is 3.95. The quantitative estimate of drug-likeness (QED) is 0.739. The highest BCUT2D eigenvalue weighted by Gasteiger charge is 2.23. The van der Waals surface area contributed by atoms with Gasteiger partial charge in [-0.1, -0.05) is 27.7 Å². The molecule has 1 rings (SSSR count). The van der Waals surface area contributed by atoms with Gasteiger partial charge < -0.3 is 10.2 Å². The summed E-state index contributed by atoms with van der Waals surface area (Å²) >= 11 is 0. The summed E-state index contributed by atoms with van der Waals surface area (Å²) in [6.07, 6.45) is 4.08. The SMILES string of the molecule is CC(C)NCCCN1CCC(C(C)C)CCC1=O. The zero-order chi connectivity index (χ0) is 13.5. The number of likely N-dealkylation sites (tertiary alicyclic amines) is 1. The van der Waals surface area contributed by atoms with Gasteiger partial charge in [-0.05, 0) is 37.6 Å². The molecule has 0 spiro atoms. The Labute approximate surface area is 112 Å². The summed E-state index contributed by atoms with van der Waals surface area (Å²) < 4.78 is 0. The van der Waals surface area contributed by atoms with Crippen molar-refractivity contribution in [3.05, 3.63) is 0 Å². The van der Waals surface area contributed by atoms with Gasteiger partial charge in [-0.2, -0.15) is 0 Å². The second kappa shape index (κ2) is 7.78. The normalized spacial score (nSPS) is 21.8. The first-order chi connectivity index (χ1) is 8.50. The fourth-order valence-electron chi connectivity index (χ4n) is 2.62. The predicted molar refractivity (Wildman–Crippen MR) is 76.5 cm³/mol. The molecule has 3 heteroatoms. The molecule has 0 bridgehead atoms. The maximum Gasteiger partial charge on any atom is 0.222 e. The van der Waals surface area contributed by atoms with Crippen LogP contribution >= 0.6 is 0 Å². The van der Waals surface area contributed by atoms with Crippen LogP contribution in [0.1, 0.15) is 53.4 Å². The molecule has 1 fully saturated rings. The second-order valence-corrected chi connectivity index (χ2v) is 6.17. The molecule has 1 aliphatic rings. The summed E-state index contributed by atoms with van der Waals surface area (Å²) in [6, 6.07) is 0.537. The molecule has 1 aliphatic heterocycles. The van der Waals surface area contributed by atoms with E-state index in [1.165, 1.54) is 6.42 Å². The number of rotatable bonds is 6. The topological polar surface area (TPSA) is 32.3 Å². The monoisotopic (exact) mass is 254 g/mol. The second-order valence-electron chi connectivity index (χ2n) is 6.17. The Morgan fingerprint density at radius 1 is 1.28 bits per heavy atom. The molecular weight excluding hydrogens is 224 g/mol. The van der Waals surface area contributed by atoms with Crippen molar-refractivity contribution in [3.63, 3.8) is 0 Å². The van der Waals surface area contributed by atoms with Crippen molar-refractivity contribution >= 4 is 5.91 Å². The van der Waals surface area contributed by atoms with Gasteiger partial charge in [0.1, 0.15) is 0 Å². The number of nitrogens with one attached hydrogen (secondary N) is 1. The summed E-state index contributed by atoms with van der Waals surface area (Å²) in [5.41, 5.74) is 0. The van der Waals surface area contributed by atoms with Crippen LogP contribution in [0.3, 0.4) is 0 Å². The summed E-state index contributed by atoms with van der Waals surface area (Å²) in [5, 5.41) is 3.40. The number of hydrogen-bond donors (Lipinski definition) is 1. The van der Waals surface area contributed by atoms with Gasteiger partial charge in [0, 0.05) is 25.6 Å². The molecule has 1 N–H and O–H groups in total. The lowest BCUT2D eigenvalue weighted by Crippen LogP contribution is -2.34. The lowest BCUT2D eigenvalue weighted by Gasteiger charge is -2.22. The fraction of sp³-hybridized carbons (Fsp3) is 0.933. The molecule has 1 atom stereocenters. The van der Waals surface area contributed by atoms with Crippen LogP contribution in [-0.4, -0.2) is 36.5 Å². The van der Waals surface area contributed by atoms with Crippen LogP contribution in [0.25, 0.3) is 0 Å². The molecule has 1 amide bonds. The van der Waals surface area contributed by atoms with Gasteiger partial charge in [0.2, 0.25) is 5.91 Å². The Kier molecular flexibility index (Phi) is 6.69. The van der Waals surface area contributed by atoms with E-state index in [4.69, 9.17) is 0 Å². The Morgan fingerprint density at radius 3 is 2.61 bits per heavy atom. The predicted octanol–water partition coefficient (Wildman–Crippen LogP) is 2.66. The maximum atomic E-state index is 12.0. The van der Waals surface area contributed by atoms with E-state index in [9.17, 15) is 4.79 Å². The molecule has 0 aliphatic carbocycles. The van der Waals surface area contributed by atoms with Crippen molar-refractivity contribution in [3.8, 4) is 0 Å². The first kappa shape index (κ1) is 15.5. The van der Waals surface area contributed by atoms with Crippen LogP contribution in [0.2, 0.25) is 0 Å². The number of carbonyl (C=O) groups is 1. The molecular formula is C15H30N2O. The summed E-state index contributed by atoms with van der Waals surface area (Å²) in [7, 11) is 0. The number of hydrogen-bond acceptors (Lipinski definition) is 2. The van der Waals surface area contributed by atoms with Gasteiger partial charge in [-0.15, -0.1) is 0 Å². The van der Waals surface area contributed by atoms with E-state index in [2.05, 4.69) is 37.9 Å². The minimum Gasteiger partial charge on any atom is -0.343 e. The Balaban J connectivity index is 2.30. The highest BCUT2D eigenvalue weighted by atomic mass is 16.2. The van der Waals surface area contributed by atoms with E-state index in [1.54, 1.807) is 0 Å². The Hall–Kier alpha value is -0.570. The van der Waals surface area contributed by atoms with Crippen molar-refractivity contribution in [2.45, 2.75) is 59.4 Å². The van der Waals surface area contributed by atoms with Crippen LogP contribution in [-0.2, 0) is 4.79 Å². The highest BCUT2D eigenvalue weighted by molar-refractivity contribution is 5.76. The minimum atomic E-state index is 0.364. The average Bonchev–Trinajstić information content (AvgIpc) is 2.47. The smallest absolute Gasteiger partial charge is 0.222 e. The van der Waals surface area contributed by atoms with Gasteiger partial charge in [-0.3, -0.25) is 4.79 Å².